The normalized spacial score (nSPS) is 12.6. The summed E-state index contributed by atoms with van der Waals surface area (Å²) < 4.78 is 12.8. The van der Waals surface area contributed by atoms with Crippen molar-refractivity contribution in [3.05, 3.63) is 76.3 Å². The standard InChI is InChI=1S/C21H20N2O3S/c1-22-10-2-4-17(22)13-23(14-18-5-3-11-27-18)21(24)9-7-16-6-8-19-20(12-16)26-15-25-19/h2-12H,13-15H2,1H3/b9-7+. The zero-order chi connectivity index (χ0) is 18.6. The van der Waals surface area contributed by atoms with E-state index < -0.39 is 0 Å². The lowest BCUT2D eigenvalue weighted by molar-refractivity contribution is -0.127. The summed E-state index contributed by atoms with van der Waals surface area (Å²) in [6, 6.07) is 13.7. The molecule has 27 heavy (non-hydrogen) atoms. The number of amides is 1. The Morgan fingerprint density at radius 3 is 2.85 bits per heavy atom. The van der Waals surface area contributed by atoms with Crippen molar-refractivity contribution < 1.29 is 14.3 Å². The van der Waals surface area contributed by atoms with Crippen molar-refractivity contribution in [3.63, 3.8) is 0 Å². The monoisotopic (exact) mass is 380 g/mol. The highest BCUT2D eigenvalue weighted by molar-refractivity contribution is 7.09. The molecule has 0 aliphatic carbocycles. The van der Waals surface area contributed by atoms with Crippen LogP contribution in [0.5, 0.6) is 11.5 Å². The number of hydrogen-bond donors (Lipinski definition) is 0. The van der Waals surface area contributed by atoms with Crippen molar-refractivity contribution in [3.8, 4) is 11.5 Å². The number of carbonyl (C=O) groups is 1. The first-order valence-electron chi connectivity index (χ1n) is 8.68. The van der Waals surface area contributed by atoms with Crippen LogP contribution in [0, 0.1) is 0 Å². The average Bonchev–Trinajstić information content (AvgIpc) is 3.41. The van der Waals surface area contributed by atoms with Crippen molar-refractivity contribution in [1.29, 1.82) is 0 Å². The summed E-state index contributed by atoms with van der Waals surface area (Å²) in [5, 5.41) is 2.03. The highest BCUT2D eigenvalue weighted by Crippen LogP contribution is 2.32. The fourth-order valence-corrected chi connectivity index (χ4v) is 3.67. The van der Waals surface area contributed by atoms with E-state index in [2.05, 4.69) is 6.07 Å². The number of benzene rings is 1. The first-order chi connectivity index (χ1) is 13.2. The summed E-state index contributed by atoms with van der Waals surface area (Å²) in [5.41, 5.74) is 2.00. The fourth-order valence-electron chi connectivity index (χ4n) is 2.95. The molecule has 1 aliphatic heterocycles. The van der Waals surface area contributed by atoms with Crippen LogP contribution in [-0.2, 0) is 24.9 Å². The summed E-state index contributed by atoms with van der Waals surface area (Å²) in [6.45, 7) is 1.39. The van der Waals surface area contributed by atoms with Gasteiger partial charge in [0, 0.05) is 29.9 Å². The van der Waals surface area contributed by atoms with Crippen molar-refractivity contribution in [1.82, 2.24) is 9.47 Å². The van der Waals surface area contributed by atoms with Gasteiger partial charge in [0.25, 0.3) is 0 Å². The number of hydrogen-bond acceptors (Lipinski definition) is 4. The predicted molar refractivity (Wildman–Crippen MR) is 106 cm³/mol. The molecule has 138 valence electrons. The predicted octanol–water partition coefficient (Wildman–Crippen LogP) is 4.06. The van der Waals surface area contributed by atoms with Gasteiger partial charge in [-0.3, -0.25) is 4.79 Å². The van der Waals surface area contributed by atoms with Gasteiger partial charge in [0.2, 0.25) is 12.7 Å². The SMILES string of the molecule is Cn1cccc1CN(Cc1cccs1)C(=O)/C=C/c1ccc2c(c1)OCO2. The molecule has 3 aromatic rings. The van der Waals surface area contributed by atoms with E-state index >= 15 is 0 Å². The van der Waals surface area contributed by atoms with Gasteiger partial charge in [0.1, 0.15) is 0 Å². The molecule has 0 spiro atoms. The van der Waals surface area contributed by atoms with E-state index in [-0.39, 0.29) is 12.7 Å². The smallest absolute Gasteiger partial charge is 0.247 e. The van der Waals surface area contributed by atoms with Gasteiger partial charge >= 0.3 is 0 Å². The Bertz CT molecular complexity index is 960. The maximum absolute atomic E-state index is 12.9. The van der Waals surface area contributed by atoms with Crippen LogP contribution in [-0.4, -0.2) is 22.2 Å². The van der Waals surface area contributed by atoms with Gasteiger partial charge in [-0.2, -0.15) is 0 Å². The van der Waals surface area contributed by atoms with Crippen molar-refractivity contribution >= 4 is 23.3 Å². The van der Waals surface area contributed by atoms with E-state index in [4.69, 9.17) is 9.47 Å². The summed E-state index contributed by atoms with van der Waals surface area (Å²) in [4.78, 5) is 15.9. The highest BCUT2D eigenvalue weighted by atomic mass is 32.1. The van der Waals surface area contributed by atoms with Crippen LogP contribution < -0.4 is 9.47 Å². The summed E-state index contributed by atoms with van der Waals surface area (Å²) in [6.07, 6.45) is 5.43. The molecule has 0 saturated heterocycles. The Labute approximate surface area is 162 Å². The van der Waals surface area contributed by atoms with E-state index in [1.165, 1.54) is 0 Å². The number of ether oxygens (including phenoxy) is 2. The quantitative estimate of drug-likeness (QED) is 0.606. The fraction of sp³-hybridized carbons (Fsp3) is 0.190. The second-order valence-electron chi connectivity index (χ2n) is 6.33. The van der Waals surface area contributed by atoms with E-state index in [0.717, 1.165) is 21.9 Å². The lowest BCUT2D eigenvalue weighted by Gasteiger charge is -2.21. The minimum Gasteiger partial charge on any atom is -0.454 e. The third-order valence-corrected chi connectivity index (χ3v) is 5.32. The van der Waals surface area contributed by atoms with Crippen LogP contribution in [0.2, 0.25) is 0 Å². The molecule has 0 unspecified atom stereocenters. The topological polar surface area (TPSA) is 43.7 Å². The average molecular weight is 380 g/mol. The number of carbonyl (C=O) groups excluding carboxylic acids is 1. The van der Waals surface area contributed by atoms with E-state index in [1.807, 2.05) is 70.6 Å². The molecule has 4 rings (SSSR count). The van der Waals surface area contributed by atoms with Gasteiger partial charge in [0.05, 0.1) is 13.1 Å². The van der Waals surface area contributed by atoms with Gasteiger partial charge in [-0.1, -0.05) is 12.1 Å². The molecule has 0 fully saturated rings. The number of fused-ring (bicyclic) bond motifs is 1. The van der Waals surface area contributed by atoms with Gasteiger partial charge in [0.15, 0.2) is 11.5 Å². The van der Waals surface area contributed by atoms with Gasteiger partial charge in [-0.05, 0) is 47.4 Å². The molecule has 3 heterocycles. The minimum absolute atomic E-state index is 0.0257. The molecule has 0 N–H and O–H groups in total. The van der Waals surface area contributed by atoms with Crippen molar-refractivity contribution in [2.45, 2.75) is 13.1 Å². The largest absolute Gasteiger partial charge is 0.454 e. The molecule has 0 atom stereocenters. The number of aromatic nitrogens is 1. The Morgan fingerprint density at radius 2 is 2.07 bits per heavy atom. The Morgan fingerprint density at radius 1 is 1.19 bits per heavy atom. The van der Waals surface area contributed by atoms with Crippen LogP contribution in [0.1, 0.15) is 16.1 Å². The molecular formula is C21H20N2O3S. The lowest BCUT2D eigenvalue weighted by Crippen LogP contribution is -2.29. The van der Waals surface area contributed by atoms with Gasteiger partial charge in [-0.25, -0.2) is 0 Å². The summed E-state index contributed by atoms with van der Waals surface area (Å²) in [7, 11) is 1.99. The highest BCUT2D eigenvalue weighted by Gasteiger charge is 2.15. The zero-order valence-corrected chi connectivity index (χ0v) is 15.8. The third-order valence-electron chi connectivity index (χ3n) is 4.46. The Kier molecular flexibility index (Phi) is 4.98. The van der Waals surface area contributed by atoms with Crippen LogP contribution in [0.25, 0.3) is 6.08 Å². The molecule has 1 amide bonds. The molecule has 6 heteroatoms. The van der Waals surface area contributed by atoms with E-state index in [0.29, 0.717) is 18.8 Å². The number of rotatable bonds is 6. The first-order valence-corrected chi connectivity index (χ1v) is 9.56. The first kappa shape index (κ1) is 17.4. The van der Waals surface area contributed by atoms with Crippen LogP contribution >= 0.6 is 11.3 Å². The van der Waals surface area contributed by atoms with Crippen molar-refractivity contribution in [2.75, 3.05) is 6.79 Å². The maximum Gasteiger partial charge on any atom is 0.247 e. The third kappa shape index (κ3) is 4.06. The molecule has 5 nitrogen and oxygen atoms in total. The Balaban J connectivity index is 1.51. The van der Waals surface area contributed by atoms with Crippen LogP contribution in [0.4, 0.5) is 0 Å². The number of aryl methyl sites for hydroxylation is 1. The molecule has 0 bridgehead atoms. The van der Waals surface area contributed by atoms with Crippen LogP contribution in [0.15, 0.2) is 60.1 Å². The minimum atomic E-state index is -0.0257. The van der Waals surface area contributed by atoms with Crippen molar-refractivity contribution in [2.24, 2.45) is 7.05 Å². The molecule has 2 aromatic heterocycles. The van der Waals surface area contributed by atoms with Gasteiger partial charge in [-0.15, -0.1) is 11.3 Å². The van der Waals surface area contributed by atoms with Gasteiger partial charge < -0.3 is 18.9 Å². The zero-order valence-electron chi connectivity index (χ0n) is 15.0. The number of nitrogens with zero attached hydrogens (tertiary/aromatic N) is 2. The number of thiophene rings is 1. The molecule has 0 radical (unpaired) electrons. The van der Waals surface area contributed by atoms with E-state index in [9.17, 15) is 4.79 Å². The van der Waals surface area contributed by atoms with E-state index in [1.54, 1.807) is 17.4 Å². The maximum atomic E-state index is 12.9. The lowest BCUT2D eigenvalue weighted by atomic mass is 10.2. The van der Waals surface area contributed by atoms with Crippen LogP contribution in [0.3, 0.4) is 0 Å². The second-order valence-corrected chi connectivity index (χ2v) is 7.36. The summed E-state index contributed by atoms with van der Waals surface area (Å²) >= 11 is 1.66. The molecule has 1 aliphatic rings. The molecule has 1 aromatic carbocycles. The molecular weight excluding hydrogens is 360 g/mol. The molecule has 0 saturated carbocycles. The summed E-state index contributed by atoms with van der Waals surface area (Å²) in [5.74, 6) is 1.42. The second kappa shape index (κ2) is 7.72. The Hall–Kier alpha value is -2.99.